The monoisotopic (exact) mass is 255 g/mol. The van der Waals surface area contributed by atoms with Gasteiger partial charge >= 0.3 is 0 Å². The zero-order valence-electron chi connectivity index (χ0n) is 9.80. The Balaban J connectivity index is 2.06. The van der Waals surface area contributed by atoms with E-state index in [2.05, 4.69) is 39.7 Å². The fraction of sp³-hybridized carbons (Fsp3) is 0.143. The summed E-state index contributed by atoms with van der Waals surface area (Å²) in [6, 6.07) is 10.2. The highest BCUT2D eigenvalue weighted by atomic mass is 32.1. The second kappa shape index (κ2) is 4.82. The maximum absolute atomic E-state index is 4.57. The quantitative estimate of drug-likeness (QED) is 0.706. The predicted octanol–water partition coefficient (Wildman–Crippen LogP) is 3.10. The van der Waals surface area contributed by atoms with Gasteiger partial charge in [0.2, 0.25) is 0 Å². The number of rotatable bonds is 3. The van der Waals surface area contributed by atoms with Crippen LogP contribution in [-0.4, -0.2) is 20.7 Å². The van der Waals surface area contributed by atoms with Gasteiger partial charge in [-0.3, -0.25) is 4.98 Å². The zero-order valence-corrected chi connectivity index (χ0v) is 10.7. The molecule has 0 unspecified atom stereocenters. The van der Waals surface area contributed by atoms with Gasteiger partial charge in [-0.05, 0) is 42.0 Å². The molecule has 0 radical (unpaired) electrons. The van der Waals surface area contributed by atoms with Crippen molar-refractivity contribution >= 4 is 23.7 Å². The van der Waals surface area contributed by atoms with E-state index >= 15 is 0 Å². The van der Waals surface area contributed by atoms with Crippen molar-refractivity contribution in [1.82, 2.24) is 15.0 Å². The van der Waals surface area contributed by atoms with Gasteiger partial charge in [-0.1, -0.05) is 6.07 Å². The molecule has 3 aromatic rings. The highest BCUT2D eigenvalue weighted by Gasteiger charge is 2.05. The number of nitrogens with zero attached hydrogens (tertiary/aromatic N) is 2. The standard InChI is InChI=1S/C14H13N3S/c18-7-5-10-3-4-12-13(8-10)17-14(16-12)11-2-1-6-15-9-11/h1-4,6,8-9,18H,5,7H2,(H,16,17). The van der Waals surface area contributed by atoms with E-state index in [1.807, 2.05) is 24.4 Å². The van der Waals surface area contributed by atoms with E-state index in [-0.39, 0.29) is 0 Å². The average molecular weight is 255 g/mol. The lowest BCUT2D eigenvalue weighted by atomic mass is 10.1. The summed E-state index contributed by atoms with van der Waals surface area (Å²) in [4.78, 5) is 12.0. The first-order valence-corrected chi connectivity index (χ1v) is 6.50. The Morgan fingerprint density at radius 1 is 1.22 bits per heavy atom. The van der Waals surface area contributed by atoms with Crippen LogP contribution in [0, 0.1) is 0 Å². The lowest BCUT2D eigenvalue weighted by Crippen LogP contribution is -1.85. The van der Waals surface area contributed by atoms with Crippen molar-refractivity contribution in [1.29, 1.82) is 0 Å². The molecular formula is C14H13N3S. The Kier molecular flexibility index (Phi) is 3.02. The molecule has 2 aromatic heterocycles. The number of thiol groups is 1. The molecule has 0 saturated heterocycles. The fourth-order valence-corrected chi connectivity index (χ4v) is 2.24. The van der Waals surface area contributed by atoms with Crippen molar-refractivity contribution < 1.29 is 0 Å². The molecule has 0 amide bonds. The Bertz CT molecular complexity index is 661. The maximum atomic E-state index is 4.57. The molecule has 0 aliphatic carbocycles. The van der Waals surface area contributed by atoms with Gasteiger partial charge in [0, 0.05) is 18.0 Å². The molecular weight excluding hydrogens is 242 g/mol. The van der Waals surface area contributed by atoms with Crippen molar-refractivity contribution in [3.05, 3.63) is 48.3 Å². The number of aromatic nitrogens is 3. The van der Waals surface area contributed by atoms with E-state index in [0.29, 0.717) is 0 Å². The molecule has 0 fully saturated rings. The van der Waals surface area contributed by atoms with Gasteiger partial charge in [-0.2, -0.15) is 12.6 Å². The van der Waals surface area contributed by atoms with Gasteiger partial charge in [-0.15, -0.1) is 0 Å². The molecule has 0 atom stereocenters. The summed E-state index contributed by atoms with van der Waals surface area (Å²) in [6.07, 6.45) is 4.55. The Morgan fingerprint density at radius 2 is 2.17 bits per heavy atom. The normalized spacial score (nSPS) is 10.9. The topological polar surface area (TPSA) is 41.6 Å². The molecule has 0 aliphatic heterocycles. The van der Waals surface area contributed by atoms with E-state index in [1.54, 1.807) is 6.20 Å². The number of aryl methyl sites for hydroxylation is 1. The van der Waals surface area contributed by atoms with Crippen LogP contribution in [0.2, 0.25) is 0 Å². The first-order valence-electron chi connectivity index (χ1n) is 5.87. The number of hydrogen-bond donors (Lipinski definition) is 2. The highest BCUT2D eigenvalue weighted by Crippen LogP contribution is 2.20. The highest BCUT2D eigenvalue weighted by molar-refractivity contribution is 7.80. The predicted molar refractivity (Wildman–Crippen MR) is 76.9 cm³/mol. The fourth-order valence-electron chi connectivity index (χ4n) is 1.98. The van der Waals surface area contributed by atoms with Gasteiger partial charge < -0.3 is 4.98 Å². The summed E-state index contributed by atoms with van der Waals surface area (Å²) in [5, 5.41) is 0. The van der Waals surface area contributed by atoms with Crippen LogP contribution in [0.3, 0.4) is 0 Å². The van der Waals surface area contributed by atoms with Gasteiger partial charge in [0.25, 0.3) is 0 Å². The third kappa shape index (κ3) is 2.11. The molecule has 1 N–H and O–H groups in total. The van der Waals surface area contributed by atoms with Crippen molar-refractivity contribution in [2.24, 2.45) is 0 Å². The van der Waals surface area contributed by atoms with E-state index in [0.717, 1.165) is 34.6 Å². The number of fused-ring (bicyclic) bond motifs is 1. The van der Waals surface area contributed by atoms with Crippen molar-refractivity contribution in [3.63, 3.8) is 0 Å². The number of H-pyrrole nitrogens is 1. The van der Waals surface area contributed by atoms with Crippen molar-refractivity contribution in [2.45, 2.75) is 6.42 Å². The van der Waals surface area contributed by atoms with Crippen molar-refractivity contribution in [3.8, 4) is 11.4 Å². The first-order chi connectivity index (χ1) is 8.86. The Morgan fingerprint density at radius 3 is 2.94 bits per heavy atom. The first kappa shape index (κ1) is 11.3. The van der Waals surface area contributed by atoms with E-state index < -0.39 is 0 Å². The third-order valence-corrected chi connectivity index (χ3v) is 3.11. The SMILES string of the molecule is SCCc1ccc2nc(-c3cccnc3)[nH]c2c1. The average Bonchev–Trinajstić information content (AvgIpc) is 2.83. The minimum absolute atomic E-state index is 0.856. The molecule has 0 spiro atoms. The number of pyridine rings is 1. The third-order valence-electron chi connectivity index (χ3n) is 2.88. The number of imidazole rings is 1. The van der Waals surface area contributed by atoms with Crippen LogP contribution in [-0.2, 0) is 6.42 Å². The summed E-state index contributed by atoms with van der Waals surface area (Å²) in [7, 11) is 0. The minimum Gasteiger partial charge on any atom is -0.338 e. The maximum Gasteiger partial charge on any atom is 0.140 e. The summed E-state index contributed by atoms with van der Waals surface area (Å²) in [5.74, 6) is 1.72. The van der Waals surface area contributed by atoms with Gasteiger partial charge in [0.15, 0.2) is 0 Å². The van der Waals surface area contributed by atoms with E-state index in [1.165, 1.54) is 5.56 Å². The van der Waals surface area contributed by atoms with Crippen LogP contribution in [0.5, 0.6) is 0 Å². The number of nitrogens with one attached hydrogen (secondary N) is 1. The van der Waals surface area contributed by atoms with Crippen LogP contribution in [0.25, 0.3) is 22.4 Å². The van der Waals surface area contributed by atoms with Crippen molar-refractivity contribution in [2.75, 3.05) is 5.75 Å². The number of benzene rings is 1. The largest absolute Gasteiger partial charge is 0.338 e. The Labute approximate surface area is 111 Å². The molecule has 0 aliphatic rings. The zero-order chi connectivity index (χ0) is 12.4. The molecule has 2 heterocycles. The summed E-state index contributed by atoms with van der Waals surface area (Å²) in [5.41, 5.74) is 4.33. The molecule has 18 heavy (non-hydrogen) atoms. The lowest BCUT2D eigenvalue weighted by molar-refractivity contribution is 1.17. The van der Waals surface area contributed by atoms with E-state index in [4.69, 9.17) is 0 Å². The van der Waals surface area contributed by atoms with Crippen LogP contribution in [0.4, 0.5) is 0 Å². The smallest absolute Gasteiger partial charge is 0.140 e. The van der Waals surface area contributed by atoms with Gasteiger partial charge in [-0.25, -0.2) is 4.98 Å². The second-order valence-corrected chi connectivity index (χ2v) is 4.60. The molecule has 90 valence electrons. The van der Waals surface area contributed by atoms with Crippen LogP contribution in [0.15, 0.2) is 42.7 Å². The molecule has 3 nitrogen and oxygen atoms in total. The van der Waals surface area contributed by atoms with Crippen LogP contribution in [0.1, 0.15) is 5.56 Å². The van der Waals surface area contributed by atoms with Gasteiger partial charge in [0.1, 0.15) is 5.82 Å². The molecule has 3 rings (SSSR count). The van der Waals surface area contributed by atoms with Crippen LogP contribution >= 0.6 is 12.6 Å². The lowest BCUT2D eigenvalue weighted by Gasteiger charge is -1.96. The minimum atomic E-state index is 0.856. The molecule has 1 aromatic carbocycles. The molecule has 4 heteroatoms. The molecule has 0 bridgehead atoms. The van der Waals surface area contributed by atoms with E-state index in [9.17, 15) is 0 Å². The Hall–Kier alpha value is -1.81. The second-order valence-electron chi connectivity index (χ2n) is 4.15. The summed E-state index contributed by atoms with van der Waals surface area (Å²) in [6.45, 7) is 0. The van der Waals surface area contributed by atoms with Crippen LogP contribution < -0.4 is 0 Å². The summed E-state index contributed by atoms with van der Waals surface area (Å²) >= 11 is 4.25. The number of hydrogen-bond acceptors (Lipinski definition) is 3. The van der Waals surface area contributed by atoms with Gasteiger partial charge in [0.05, 0.1) is 11.0 Å². The summed E-state index contributed by atoms with van der Waals surface area (Å²) < 4.78 is 0. The molecule has 0 saturated carbocycles. The number of aromatic amines is 1.